The van der Waals surface area contributed by atoms with Crippen molar-refractivity contribution in [2.45, 2.75) is 19.4 Å². The SMILES string of the molecule is CC(=O)N(C)C(CCN1CCOCC1)C(=O)O. The molecule has 0 aromatic rings. The summed E-state index contributed by atoms with van der Waals surface area (Å²) < 4.78 is 5.22. The van der Waals surface area contributed by atoms with E-state index in [0.717, 1.165) is 13.1 Å². The third kappa shape index (κ3) is 4.32. The van der Waals surface area contributed by atoms with Gasteiger partial charge in [0.25, 0.3) is 0 Å². The molecule has 1 saturated heterocycles. The minimum absolute atomic E-state index is 0.223. The average Bonchev–Trinajstić information content (AvgIpc) is 2.29. The van der Waals surface area contributed by atoms with E-state index in [1.165, 1.54) is 18.9 Å². The summed E-state index contributed by atoms with van der Waals surface area (Å²) >= 11 is 0. The predicted octanol–water partition coefficient (Wildman–Crippen LogP) is -0.360. The zero-order valence-corrected chi connectivity index (χ0v) is 10.4. The van der Waals surface area contributed by atoms with Crippen LogP contribution in [0.15, 0.2) is 0 Å². The molecule has 1 unspecified atom stereocenters. The molecule has 1 rings (SSSR count). The van der Waals surface area contributed by atoms with Crippen LogP contribution in [0.1, 0.15) is 13.3 Å². The first kappa shape index (κ1) is 13.9. The number of ether oxygens (including phenoxy) is 1. The van der Waals surface area contributed by atoms with E-state index in [1.807, 2.05) is 0 Å². The maximum Gasteiger partial charge on any atom is 0.326 e. The van der Waals surface area contributed by atoms with Gasteiger partial charge in [-0.2, -0.15) is 0 Å². The Morgan fingerprint density at radius 3 is 2.47 bits per heavy atom. The largest absolute Gasteiger partial charge is 0.480 e. The zero-order valence-electron chi connectivity index (χ0n) is 10.4. The lowest BCUT2D eigenvalue weighted by Crippen LogP contribution is -2.45. The van der Waals surface area contributed by atoms with Crippen LogP contribution in [0.3, 0.4) is 0 Å². The number of hydrogen-bond acceptors (Lipinski definition) is 4. The Morgan fingerprint density at radius 2 is 2.00 bits per heavy atom. The normalized spacial score (nSPS) is 18.7. The van der Waals surface area contributed by atoms with Crippen LogP contribution < -0.4 is 0 Å². The highest BCUT2D eigenvalue weighted by atomic mass is 16.5. The Morgan fingerprint density at radius 1 is 1.41 bits per heavy atom. The fraction of sp³-hybridized carbons (Fsp3) is 0.818. The van der Waals surface area contributed by atoms with E-state index in [4.69, 9.17) is 9.84 Å². The molecule has 1 aliphatic heterocycles. The Hall–Kier alpha value is -1.14. The minimum Gasteiger partial charge on any atom is -0.480 e. The van der Waals surface area contributed by atoms with Crippen molar-refractivity contribution in [3.05, 3.63) is 0 Å². The van der Waals surface area contributed by atoms with Gasteiger partial charge in [-0.1, -0.05) is 0 Å². The number of rotatable bonds is 5. The maximum atomic E-state index is 11.2. The van der Waals surface area contributed by atoms with Crippen LogP contribution in [-0.2, 0) is 14.3 Å². The van der Waals surface area contributed by atoms with E-state index in [9.17, 15) is 9.59 Å². The Kier molecular flexibility index (Phi) is 5.37. The summed E-state index contributed by atoms with van der Waals surface area (Å²) in [5.41, 5.74) is 0. The highest BCUT2D eigenvalue weighted by Gasteiger charge is 2.25. The molecule has 0 bridgehead atoms. The zero-order chi connectivity index (χ0) is 12.8. The van der Waals surface area contributed by atoms with E-state index >= 15 is 0 Å². The summed E-state index contributed by atoms with van der Waals surface area (Å²) in [5, 5.41) is 9.08. The van der Waals surface area contributed by atoms with Crippen molar-refractivity contribution in [3.8, 4) is 0 Å². The van der Waals surface area contributed by atoms with E-state index in [2.05, 4.69) is 4.90 Å². The van der Waals surface area contributed by atoms with Crippen LogP contribution in [0, 0.1) is 0 Å². The molecule has 0 aliphatic carbocycles. The van der Waals surface area contributed by atoms with Crippen LogP contribution in [0.25, 0.3) is 0 Å². The molecule has 1 amide bonds. The second kappa shape index (κ2) is 6.56. The molecule has 1 atom stereocenters. The van der Waals surface area contributed by atoms with Gasteiger partial charge in [-0.3, -0.25) is 9.69 Å². The van der Waals surface area contributed by atoms with Gasteiger partial charge in [0.2, 0.25) is 5.91 Å². The molecule has 0 aromatic carbocycles. The van der Waals surface area contributed by atoms with Crippen LogP contribution in [0.2, 0.25) is 0 Å². The lowest BCUT2D eigenvalue weighted by molar-refractivity contribution is -0.148. The van der Waals surface area contributed by atoms with E-state index in [1.54, 1.807) is 0 Å². The van der Waals surface area contributed by atoms with E-state index in [0.29, 0.717) is 26.2 Å². The summed E-state index contributed by atoms with van der Waals surface area (Å²) in [4.78, 5) is 25.7. The molecule has 6 nitrogen and oxygen atoms in total. The standard InChI is InChI=1S/C11H20N2O4/c1-9(14)12(2)10(11(15)16)3-4-13-5-7-17-8-6-13/h10H,3-8H2,1-2H3,(H,15,16). The molecule has 1 fully saturated rings. The first-order chi connectivity index (χ1) is 8.02. The minimum atomic E-state index is -0.948. The van der Waals surface area contributed by atoms with Gasteiger partial charge >= 0.3 is 5.97 Å². The second-order valence-corrected chi connectivity index (χ2v) is 4.23. The topological polar surface area (TPSA) is 70.1 Å². The van der Waals surface area contributed by atoms with Gasteiger partial charge in [0.05, 0.1) is 13.2 Å². The highest BCUT2D eigenvalue weighted by Crippen LogP contribution is 2.06. The molecule has 98 valence electrons. The smallest absolute Gasteiger partial charge is 0.326 e. The van der Waals surface area contributed by atoms with E-state index < -0.39 is 12.0 Å². The molecule has 6 heteroatoms. The van der Waals surface area contributed by atoms with Crippen LogP contribution in [-0.4, -0.2) is 72.7 Å². The number of carboxylic acid groups (broad SMARTS) is 1. The molecular weight excluding hydrogens is 224 g/mol. The molecule has 0 spiro atoms. The third-order valence-corrected chi connectivity index (χ3v) is 3.07. The van der Waals surface area contributed by atoms with Gasteiger partial charge in [-0.15, -0.1) is 0 Å². The van der Waals surface area contributed by atoms with Crippen molar-refractivity contribution in [2.75, 3.05) is 39.9 Å². The number of carboxylic acids is 1. The van der Waals surface area contributed by atoms with Gasteiger partial charge in [0.1, 0.15) is 6.04 Å². The molecule has 1 heterocycles. The molecule has 1 aliphatic rings. The summed E-state index contributed by atoms with van der Waals surface area (Å²) in [5.74, 6) is -1.17. The number of amides is 1. The fourth-order valence-corrected chi connectivity index (χ4v) is 1.83. The number of likely N-dealkylation sites (N-methyl/N-ethyl adjacent to an activating group) is 1. The van der Waals surface area contributed by atoms with Gasteiger partial charge in [0, 0.05) is 33.6 Å². The Balaban J connectivity index is 2.43. The molecule has 0 radical (unpaired) electrons. The lowest BCUT2D eigenvalue weighted by Gasteiger charge is -2.29. The Bertz CT molecular complexity index is 277. The average molecular weight is 244 g/mol. The first-order valence-corrected chi connectivity index (χ1v) is 5.78. The monoisotopic (exact) mass is 244 g/mol. The van der Waals surface area contributed by atoms with Crippen LogP contribution in [0.4, 0.5) is 0 Å². The molecular formula is C11H20N2O4. The van der Waals surface area contributed by atoms with Gasteiger partial charge in [-0.25, -0.2) is 4.79 Å². The van der Waals surface area contributed by atoms with Gasteiger partial charge in [0.15, 0.2) is 0 Å². The maximum absolute atomic E-state index is 11.2. The van der Waals surface area contributed by atoms with E-state index in [-0.39, 0.29) is 5.91 Å². The summed E-state index contributed by atoms with van der Waals surface area (Å²) in [6, 6.07) is -0.740. The van der Waals surface area contributed by atoms with Crippen molar-refractivity contribution in [3.63, 3.8) is 0 Å². The van der Waals surface area contributed by atoms with Gasteiger partial charge < -0.3 is 14.7 Å². The van der Waals surface area contributed by atoms with Gasteiger partial charge in [-0.05, 0) is 6.42 Å². The van der Waals surface area contributed by atoms with Crippen molar-refractivity contribution < 1.29 is 19.4 Å². The fourth-order valence-electron chi connectivity index (χ4n) is 1.83. The third-order valence-electron chi connectivity index (χ3n) is 3.07. The summed E-state index contributed by atoms with van der Waals surface area (Å²) in [7, 11) is 1.53. The first-order valence-electron chi connectivity index (χ1n) is 5.78. The highest BCUT2D eigenvalue weighted by molar-refractivity contribution is 5.81. The lowest BCUT2D eigenvalue weighted by atomic mass is 10.1. The number of carbonyl (C=O) groups is 2. The van der Waals surface area contributed by atoms with Crippen molar-refractivity contribution >= 4 is 11.9 Å². The van der Waals surface area contributed by atoms with Crippen LogP contribution >= 0.6 is 0 Å². The Labute approximate surface area is 101 Å². The second-order valence-electron chi connectivity index (χ2n) is 4.23. The van der Waals surface area contributed by atoms with Crippen molar-refractivity contribution in [1.29, 1.82) is 0 Å². The quantitative estimate of drug-likeness (QED) is 0.715. The van der Waals surface area contributed by atoms with Crippen LogP contribution in [0.5, 0.6) is 0 Å². The van der Waals surface area contributed by atoms with Crippen molar-refractivity contribution in [2.24, 2.45) is 0 Å². The molecule has 17 heavy (non-hydrogen) atoms. The molecule has 0 aromatic heterocycles. The summed E-state index contributed by atoms with van der Waals surface area (Å²) in [6.45, 7) is 5.11. The number of morpholine rings is 1. The van der Waals surface area contributed by atoms with Crippen molar-refractivity contribution in [1.82, 2.24) is 9.80 Å². The molecule has 1 N–H and O–H groups in total. The number of carbonyl (C=O) groups excluding carboxylic acids is 1. The number of hydrogen-bond donors (Lipinski definition) is 1. The molecule has 0 saturated carbocycles. The number of aliphatic carboxylic acids is 1. The predicted molar refractivity (Wildman–Crippen MR) is 61.7 cm³/mol. The number of nitrogens with zero attached hydrogens (tertiary/aromatic N) is 2. The summed E-state index contributed by atoms with van der Waals surface area (Å²) in [6.07, 6.45) is 0.450.